The molecule has 0 aliphatic rings. The zero-order chi connectivity index (χ0) is 10.8. The van der Waals surface area contributed by atoms with Crippen LogP contribution in [0.1, 0.15) is 20.8 Å². The van der Waals surface area contributed by atoms with Gasteiger partial charge in [-0.15, -0.1) is 5.54 Å². The molecule has 0 aliphatic heterocycles. The van der Waals surface area contributed by atoms with Crippen LogP contribution in [0.3, 0.4) is 0 Å². The molecule has 3 nitrogen and oxygen atoms in total. The summed E-state index contributed by atoms with van der Waals surface area (Å²) >= 11 is 0. The average molecular weight is 211 g/mol. The normalized spacial score (nSPS) is 8.29. The fraction of sp³-hybridized carbons (Fsp3) is 0.600. The summed E-state index contributed by atoms with van der Waals surface area (Å²) in [5.74, 6) is 3.50. The van der Waals surface area contributed by atoms with E-state index in [-0.39, 0.29) is 0 Å². The largest absolute Gasteiger partial charge is 0.480 e. The van der Waals surface area contributed by atoms with Crippen molar-refractivity contribution in [1.29, 1.82) is 0 Å². The van der Waals surface area contributed by atoms with E-state index in [4.69, 9.17) is 14.2 Å². The van der Waals surface area contributed by atoms with Crippen LogP contribution in [-0.2, 0) is 14.2 Å². The second-order valence-electron chi connectivity index (χ2n) is 2.17. The van der Waals surface area contributed by atoms with Crippen molar-refractivity contribution < 1.29 is 14.2 Å². The molecule has 0 aromatic carbocycles. The molecule has 0 N–H and O–H groups in total. The lowest BCUT2D eigenvalue weighted by atomic mass is 10.5. The van der Waals surface area contributed by atoms with Crippen molar-refractivity contribution >= 4 is 10.2 Å². The SMILES string of the molecule is CCOC(C#C[Si])=C(OCC)OCC. The molecule has 0 aromatic heterocycles. The maximum absolute atomic E-state index is 5.27. The smallest absolute Gasteiger partial charge is 0.332 e. The van der Waals surface area contributed by atoms with Crippen LogP contribution < -0.4 is 0 Å². The van der Waals surface area contributed by atoms with Gasteiger partial charge in [0, 0.05) is 0 Å². The molecule has 0 unspecified atom stereocenters. The van der Waals surface area contributed by atoms with Crippen molar-refractivity contribution in [2.75, 3.05) is 19.8 Å². The molecule has 0 saturated heterocycles. The number of hydrogen-bond donors (Lipinski definition) is 0. The maximum Gasteiger partial charge on any atom is 0.332 e. The lowest BCUT2D eigenvalue weighted by molar-refractivity contribution is 0.0267. The Morgan fingerprint density at radius 1 is 1.00 bits per heavy atom. The molecular formula is C10H15O3Si. The van der Waals surface area contributed by atoms with E-state index >= 15 is 0 Å². The van der Waals surface area contributed by atoms with Crippen molar-refractivity contribution in [2.45, 2.75) is 20.8 Å². The molecule has 0 heterocycles. The Morgan fingerprint density at radius 2 is 1.50 bits per heavy atom. The molecule has 0 amide bonds. The number of ether oxygens (including phenoxy) is 3. The summed E-state index contributed by atoms with van der Waals surface area (Å²) in [6, 6.07) is 0. The summed E-state index contributed by atoms with van der Waals surface area (Å²) in [6.45, 7) is 7.21. The molecule has 0 fully saturated rings. The zero-order valence-corrected chi connectivity index (χ0v) is 9.85. The Morgan fingerprint density at radius 3 is 1.86 bits per heavy atom. The van der Waals surface area contributed by atoms with Gasteiger partial charge in [0.2, 0.25) is 0 Å². The first-order valence-corrected chi connectivity index (χ1v) is 5.10. The van der Waals surface area contributed by atoms with E-state index in [0.29, 0.717) is 31.5 Å². The minimum Gasteiger partial charge on any atom is -0.480 e. The monoisotopic (exact) mass is 211 g/mol. The van der Waals surface area contributed by atoms with Crippen LogP contribution in [0.4, 0.5) is 0 Å². The number of allylic oxidation sites excluding steroid dienone is 1. The molecule has 77 valence electrons. The molecule has 0 saturated carbocycles. The standard InChI is InChI=1S/C10H15O3Si/c1-4-11-9(7-8-14)10(12-5-2)13-6-3/h4-6H2,1-3H3. The molecule has 0 aliphatic carbocycles. The average Bonchev–Trinajstić information content (AvgIpc) is 2.17. The second-order valence-corrected chi connectivity index (χ2v) is 2.42. The van der Waals surface area contributed by atoms with Crippen molar-refractivity contribution in [2.24, 2.45) is 0 Å². The molecule has 0 aromatic rings. The molecular weight excluding hydrogens is 196 g/mol. The van der Waals surface area contributed by atoms with Gasteiger partial charge in [-0.2, -0.15) is 0 Å². The quantitative estimate of drug-likeness (QED) is 0.377. The third-order valence-electron chi connectivity index (χ3n) is 1.20. The summed E-state index contributed by atoms with van der Waals surface area (Å²) < 4.78 is 15.8. The van der Waals surface area contributed by atoms with E-state index < -0.39 is 0 Å². The Balaban J connectivity index is 4.69. The van der Waals surface area contributed by atoms with Crippen LogP contribution in [0.25, 0.3) is 0 Å². The predicted molar refractivity (Wildman–Crippen MR) is 55.4 cm³/mol. The predicted octanol–water partition coefficient (Wildman–Crippen LogP) is 1.39. The van der Waals surface area contributed by atoms with Crippen LogP contribution in [0.2, 0.25) is 0 Å². The minimum absolute atomic E-state index is 0.350. The van der Waals surface area contributed by atoms with Gasteiger partial charge in [-0.25, -0.2) is 0 Å². The van der Waals surface area contributed by atoms with E-state index in [0.717, 1.165) is 0 Å². The highest BCUT2D eigenvalue weighted by atomic mass is 28.1. The van der Waals surface area contributed by atoms with Crippen LogP contribution in [0.5, 0.6) is 0 Å². The highest BCUT2D eigenvalue weighted by Crippen LogP contribution is 2.09. The van der Waals surface area contributed by atoms with Gasteiger partial charge in [0.05, 0.1) is 19.8 Å². The summed E-state index contributed by atoms with van der Waals surface area (Å²) in [6.07, 6.45) is 0. The lowest BCUT2D eigenvalue weighted by Gasteiger charge is -2.11. The van der Waals surface area contributed by atoms with E-state index in [1.807, 2.05) is 20.8 Å². The van der Waals surface area contributed by atoms with Gasteiger partial charge in [0.25, 0.3) is 5.76 Å². The fourth-order valence-electron chi connectivity index (χ4n) is 0.782. The minimum atomic E-state index is 0.350. The van der Waals surface area contributed by atoms with E-state index in [1.165, 1.54) is 0 Å². The van der Waals surface area contributed by atoms with Gasteiger partial charge in [0.1, 0.15) is 10.2 Å². The molecule has 3 radical (unpaired) electrons. The van der Waals surface area contributed by atoms with E-state index in [1.54, 1.807) is 0 Å². The highest BCUT2D eigenvalue weighted by molar-refractivity contribution is 6.22. The van der Waals surface area contributed by atoms with Crippen LogP contribution in [0.15, 0.2) is 11.7 Å². The summed E-state index contributed by atoms with van der Waals surface area (Å²) in [4.78, 5) is 0. The van der Waals surface area contributed by atoms with Gasteiger partial charge in [-0.1, -0.05) is 0 Å². The fourth-order valence-corrected chi connectivity index (χ4v) is 0.896. The first kappa shape index (κ1) is 12.9. The second kappa shape index (κ2) is 8.51. The summed E-state index contributed by atoms with van der Waals surface area (Å²) in [7, 11) is 3.05. The summed E-state index contributed by atoms with van der Waals surface area (Å²) in [5.41, 5.74) is 2.56. The Hall–Kier alpha value is -1.08. The lowest BCUT2D eigenvalue weighted by Crippen LogP contribution is -2.04. The van der Waals surface area contributed by atoms with E-state index in [2.05, 4.69) is 21.7 Å². The van der Waals surface area contributed by atoms with Crippen molar-refractivity contribution in [3.63, 3.8) is 0 Å². The van der Waals surface area contributed by atoms with Gasteiger partial charge < -0.3 is 14.2 Å². The van der Waals surface area contributed by atoms with Gasteiger partial charge in [0.15, 0.2) is 0 Å². The van der Waals surface area contributed by atoms with Crippen LogP contribution >= 0.6 is 0 Å². The number of rotatable bonds is 6. The molecule has 14 heavy (non-hydrogen) atoms. The number of hydrogen-bond acceptors (Lipinski definition) is 3. The Kier molecular flexibility index (Phi) is 7.85. The molecule has 0 bridgehead atoms. The third kappa shape index (κ3) is 4.82. The van der Waals surface area contributed by atoms with Crippen LogP contribution in [0, 0.1) is 11.5 Å². The zero-order valence-electron chi connectivity index (χ0n) is 8.85. The highest BCUT2D eigenvalue weighted by Gasteiger charge is 2.07. The molecule has 0 atom stereocenters. The van der Waals surface area contributed by atoms with Crippen molar-refractivity contribution in [1.82, 2.24) is 0 Å². The molecule has 4 heteroatoms. The molecule has 0 spiro atoms. The Bertz CT molecular complexity index is 229. The first-order valence-electron chi connectivity index (χ1n) is 4.60. The van der Waals surface area contributed by atoms with Crippen LogP contribution in [-0.4, -0.2) is 30.1 Å². The van der Waals surface area contributed by atoms with Gasteiger partial charge in [-0.05, 0) is 26.7 Å². The van der Waals surface area contributed by atoms with Crippen molar-refractivity contribution in [3.05, 3.63) is 11.7 Å². The van der Waals surface area contributed by atoms with Crippen molar-refractivity contribution in [3.8, 4) is 11.5 Å². The van der Waals surface area contributed by atoms with Gasteiger partial charge in [-0.3, -0.25) is 0 Å². The first-order chi connectivity index (χ1) is 6.79. The van der Waals surface area contributed by atoms with Gasteiger partial charge >= 0.3 is 5.95 Å². The molecule has 0 rings (SSSR count). The van der Waals surface area contributed by atoms with E-state index in [9.17, 15) is 0 Å². The topological polar surface area (TPSA) is 27.7 Å². The summed E-state index contributed by atoms with van der Waals surface area (Å²) in [5, 5.41) is 0. The Labute approximate surface area is 88.8 Å². The third-order valence-corrected chi connectivity index (χ3v) is 1.33. The maximum atomic E-state index is 5.27.